The van der Waals surface area contributed by atoms with Crippen LogP contribution in [0.4, 0.5) is 0 Å². The molecule has 318 valence electrons. The molecule has 12 nitrogen and oxygen atoms in total. The number of phenolic OH excluding ortho intramolecular Hbond substituents is 8. The number of allylic oxidation sites excluding steroid dienone is 7. The van der Waals surface area contributed by atoms with Gasteiger partial charge in [-0.15, -0.1) is 0 Å². The Kier molecular flexibility index (Phi) is 10.0. The van der Waals surface area contributed by atoms with Gasteiger partial charge in [-0.1, -0.05) is 47.9 Å². The molecule has 0 aliphatic heterocycles. The summed E-state index contributed by atoms with van der Waals surface area (Å²) < 4.78 is 12.9. The van der Waals surface area contributed by atoms with E-state index in [-0.39, 0.29) is 114 Å². The molecule has 12 heteroatoms. The summed E-state index contributed by atoms with van der Waals surface area (Å²) >= 11 is 0. The molecule has 0 bridgehead atoms. The summed E-state index contributed by atoms with van der Waals surface area (Å²) in [6.07, 6.45) is 8.21. The Bertz CT molecular complexity index is 3170. The fourth-order valence-electron chi connectivity index (χ4n) is 9.16. The van der Waals surface area contributed by atoms with Crippen LogP contribution in [0.2, 0.25) is 0 Å². The SMILES string of the molecule is CC(C)=CCc1c(-c2ccc(O)cc2O)oc2c([C@H]3C=C(C)C[C@@](C)(/C=C/c4c(O)cc(O)c5c(=O)c6c(oc45)-c4c(O)cc(O)cc4C(=C(C)C)C6)C3)c(O)cc(O)c2c1=O. The monoisotopic (exact) mass is 838 g/mol. The number of hydrogen-bond acceptors (Lipinski definition) is 12. The zero-order valence-electron chi connectivity index (χ0n) is 35.0. The van der Waals surface area contributed by atoms with Gasteiger partial charge in [0.25, 0.3) is 0 Å². The fourth-order valence-corrected chi connectivity index (χ4v) is 9.16. The van der Waals surface area contributed by atoms with E-state index in [1.807, 2.05) is 59.8 Å². The van der Waals surface area contributed by atoms with Crippen LogP contribution in [0, 0.1) is 5.41 Å². The quantitative estimate of drug-likeness (QED) is 0.0734. The molecule has 0 unspecified atom stereocenters. The molecule has 8 rings (SSSR count). The normalized spacial score (nSPS) is 17.3. The van der Waals surface area contributed by atoms with Crippen molar-refractivity contribution < 1.29 is 49.7 Å². The lowest BCUT2D eigenvalue weighted by molar-refractivity contribution is 0.347. The molecule has 6 aromatic rings. The Balaban J connectivity index is 1.28. The minimum Gasteiger partial charge on any atom is -0.508 e. The molecule has 0 fully saturated rings. The molecule has 2 heterocycles. The van der Waals surface area contributed by atoms with Crippen molar-refractivity contribution in [3.8, 4) is 68.6 Å². The van der Waals surface area contributed by atoms with Crippen LogP contribution in [0.3, 0.4) is 0 Å². The lowest BCUT2D eigenvalue weighted by Crippen LogP contribution is -2.22. The maximum absolute atomic E-state index is 14.4. The van der Waals surface area contributed by atoms with E-state index in [2.05, 4.69) is 0 Å². The summed E-state index contributed by atoms with van der Waals surface area (Å²) in [5.41, 5.74) is 2.78. The van der Waals surface area contributed by atoms with Gasteiger partial charge in [0.05, 0.1) is 16.7 Å². The van der Waals surface area contributed by atoms with E-state index in [4.69, 9.17) is 8.83 Å². The average Bonchev–Trinajstić information content (AvgIpc) is 3.16. The fraction of sp³-hybridized carbons (Fsp3) is 0.240. The highest BCUT2D eigenvalue weighted by Crippen LogP contribution is 2.52. The largest absolute Gasteiger partial charge is 0.508 e. The molecule has 2 aliphatic carbocycles. The van der Waals surface area contributed by atoms with Gasteiger partial charge in [-0.05, 0) is 88.6 Å². The molecule has 2 aliphatic rings. The first-order chi connectivity index (χ1) is 29.3. The van der Waals surface area contributed by atoms with Crippen LogP contribution in [0.5, 0.6) is 46.0 Å². The summed E-state index contributed by atoms with van der Waals surface area (Å²) in [6, 6.07) is 8.72. The molecule has 0 saturated carbocycles. The summed E-state index contributed by atoms with van der Waals surface area (Å²) in [7, 11) is 0. The van der Waals surface area contributed by atoms with Gasteiger partial charge < -0.3 is 49.7 Å². The maximum atomic E-state index is 14.4. The highest BCUT2D eigenvalue weighted by molar-refractivity contribution is 5.98. The molecule has 4 aromatic carbocycles. The summed E-state index contributed by atoms with van der Waals surface area (Å²) in [5.74, 6) is -3.29. The third-order valence-electron chi connectivity index (χ3n) is 11.9. The summed E-state index contributed by atoms with van der Waals surface area (Å²) in [5, 5.41) is 87.3. The van der Waals surface area contributed by atoms with Gasteiger partial charge in [-0.25, -0.2) is 0 Å². The first kappa shape index (κ1) is 41.4. The number of phenols is 8. The molecule has 8 N–H and O–H groups in total. The third-order valence-corrected chi connectivity index (χ3v) is 11.9. The molecule has 2 aromatic heterocycles. The molecular formula is C50H46O12. The Labute approximate surface area is 355 Å². The smallest absolute Gasteiger partial charge is 0.200 e. The van der Waals surface area contributed by atoms with Crippen molar-refractivity contribution in [2.75, 3.05) is 0 Å². The average molecular weight is 839 g/mol. The predicted molar refractivity (Wildman–Crippen MR) is 237 cm³/mol. The number of hydrogen-bond donors (Lipinski definition) is 8. The van der Waals surface area contributed by atoms with Gasteiger partial charge >= 0.3 is 0 Å². The first-order valence-corrected chi connectivity index (χ1v) is 20.1. The Hall–Kier alpha value is -7.34. The van der Waals surface area contributed by atoms with Crippen LogP contribution in [-0.4, -0.2) is 40.9 Å². The van der Waals surface area contributed by atoms with Crippen molar-refractivity contribution in [2.24, 2.45) is 5.41 Å². The zero-order valence-corrected chi connectivity index (χ0v) is 35.0. The Morgan fingerprint density at radius 2 is 1.40 bits per heavy atom. The second kappa shape index (κ2) is 15.0. The first-order valence-electron chi connectivity index (χ1n) is 20.1. The van der Waals surface area contributed by atoms with Crippen LogP contribution in [-0.2, 0) is 12.8 Å². The van der Waals surface area contributed by atoms with Gasteiger partial charge in [0, 0.05) is 53.3 Å². The molecule has 0 amide bonds. The molecular weight excluding hydrogens is 793 g/mol. The highest BCUT2D eigenvalue weighted by atomic mass is 16.3. The zero-order chi connectivity index (χ0) is 44.7. The van der Waals surface area contributed by atoms with Crippen LogP contribution < -0.4 is 10.9 Å². The molecule has 0 saturated heterocycles. The van der Waals surface area contributed by atoms with Crippen molar-refractivity contribution in [3.05, 3.63) is 126 Å². The summed E-state index contributed by atoms with van der Waals surface area (Å²) in [6.45, 7) is 11.3. The van der Waals surface area contributed by atoms with E-state index in [1.165, 1.54) is 18.2 Å². The standard InChI is InChI=1S/C50H46O12/c1-22(2)7-9-30-44(59)43-39(58)19-37(56)40(49(43)61-46(30)28-10-8-26(51)15-34(28)53)25-13-24(5)20-50(6,21-25)12-11-29-35(54)18-38(57)42-45(60)33-17-31(23(3)4)32-14-27(52)16-36(55)41(32)48(33)62-47(29)42/h7-8,10-16,18-19,25,51-58H,9,17,20-21H2,1-6H3/b12-11+/t25-,50+/m0/s1. The van der Waals surface area contributed by atoms with E-state index in [1.54, 1.807) is 6.08 Å². The van der Waals surface area contributed by atoms with E-state index in [0.29, 0.717) is 24.0 Å². The number of rotatable bonds is 6. The highest BCUT2D eigenvalue weighted by Gasteiger charge is 2.36. The molecule has 0 spiro atoms. The molecule has 62 heavy (non-hydrogen) atoms. The molecule has 2 atom stereocenters. The van der Waals surface area contributed by atoms with Crippen LogP contribution >= 0.6 is 0 Å². The van der Waals surface area contributed by atoms with E-state index in [0.717, 1.165) is 41.0 Å². The number of fused-ring (bicyclic) bond motifs is 5. The van der Waals surface area contributed by atoms with Crippen molar-refractivity contribution in [1.29, 1.82) is 0 Å². The predicted octanol–water partition coefficient (Wildman–Crippen LogP) is 10.3. The van der Waals surface area contributed by atoms with Crippen LogP contribution in [0.1, 0.15) is 88.1 Å². The van der Waals surface area contributed by atoms with Crippen molar-refractivity contribution in [3.63, 3.8) is 0 Å². The summed E-state index contributed by atoms with van der Waals surface area (Å²) in [4.78, 5) is 28.6. The Morgan fingerprint density at radius 1 is 0.742 bits per heavy atom. The number of benzene rings is 4. The van der Waals surface area contributed by atoms with Crippen LogP contribution in [0.25, 0.3) is 56.2 Å². The maximum Gasteiger partial charge on any atom is 0.200 e. The second-order valence-corrected chi connectivity index (χ2v) is 17.3. The lowest BCUT2D eigenvalue weighted by atomic mass is 9.69. The second-order valence-electron chi connectivity index (χ2n) is 17.3. The minimum atomic E-state index is -0.728. The van der Waals surface area contributed by atoms with Gasteiger partial charge in [-0.3, -0.25) is 9.59 Å². The van der Waals surface area contributed by atoms with E-state index < -0.39 is 33.7 Å². The van der Waals surface area contributed by atoms with E-state index in [9.17, 15) is 50.4 Å². The third kappa shape index (κ3) is 6.91. The number of aromatic hydroxyl groups is 8. The Morgan fingerprint density at radius 3 is 2.08 bits per heavy atom. The lowest BCUT2D eigenvalue weighted by Gasteiger charge is -2.35. The van der Waals surface area contributed by atoms with Gasteiger partial charge in [-0.2, -0.15) is 0 Å². The van der Waals surface area contributed by atoms with Crippen molar-refractivity contribution >= 4 is 33.6 Å². The van der Waals surface area contributed by atoms with Gasteiger partial charge in [0.1, 0.15) is 73.9 Å². The van der Waals surface area contributed by atoms with Gasteiger partial charge in [0.2, 0.25) is 10.9 Å². The minimum absolute atomic E-state index is 0.00565. The van der Waals surface area contributed by atoms with E-state index >= 15 is 0 Å². The molecule has 0 radical (unpaired) electrons. The van der Waals surface area contributed by atoms with Crippen LogP contribution in [0.15, 0.2) is 95.8 Å². The van der Waals surface area contributed by atoms with Crippen molar-refractivity contribution in [1.82, 2.24) is 0 Å². The topological polar surface area (TPSA) is 222 Å². The van der Waals surface area contributed by atoms with Gasteiger partial charge in [0.15, 0.2) is 5.58 Å². The van der Waals surface area contributed by atoms with Crippen molar-refractivity contribution in [2.45, 2.75) is 73.1 Å².